The monoisotopic (exact) mass is 328 g/mol. The van der Waals surface area contributed by atoms with Crippen molar-refractivity contribution < 1.29 is 4.79 Å². The predicted octanol–water partition coefficient (Wildman–Crippen LogP) is 3.21. The Morgan fingerprint density at radius 1 is 1.33 bits per heavy atom. The van der Waals surface area contributed by atoms with Crippen LogP contribution in [0.2, 0.25) is 0 Å². The molecule has 0 saturated heterocycles. The van der Waals surface area contributed by atoms with Crippen LogP contribution in [0.3, 0.4) is 0 Å². The first-order valence-electron chi connectivity index (χ1n) is 4.16. The molecule has 0 N–H and O–H groups in total. The van der Waals surface area contributed by atoms with Gasteiger partial charge in [0.2, 0.25) is 0 Å². The summed E-state index contributed by atoms with van der Waals surface area (Å²) in [4.78, 5) is 10.6. The molecule has 1 heterocycles. The van der Waals surface area contributed by atoms with Crippen LogP contribution in [0.4, 0.5) is 0 Å². The molecule has 1 aromatic carbocycles. The number of halogens is 2. The lowest BCUT2D eigenvalue weighted by Crippen LogP contribution is -1.96. The molecular weight excluding hydrogens is 324 g/mol. The maximum atomic E-state index is 10.6. The van der Waals surface area contributed by atoms with Crippen LogP contribution >= 0.6 is 31.9 Å². The zero-order valence-electron chi connectivity index (χ0n) is 7.52. The second kappa shape index (κ2) is 4.28. The lowest BCUT2D eigenvalue weighted by Gasteiger charge is -2.04. The standard InChI is InChI=1S/C10H6Br2N2O/c11-8-4-13-14(5-8)10-2-1-7(6-15)3-9(10)12/h1-6H. The van der Waals surface area contributed by atoms with Crippen molar-refractivity contribution in [3.8, 4) is 5.69 Å². The third-order valence-corrected chi connectivity index (χ3v) is 2.95. The van der Waals surface area contributed by atoms with Gasteiger partial charge in [0.15, 0.2) is 0 Å². The molecule has 0 unspecified atom stereocenters. The van der Waals surface area contributed by atoms with Crippen LogP contribution in [0.1, 0.15) is 10.4 Å². The van der Waals surface area contributed by atoms with E-state index in [4.69, 9.17) is 0 Å². The molecule has 0 aliphatic rings. The molecule has 0 amide bonds. The summed E-state index contributed by atoms with van der Waals surface area (Å²) in [6, 6.07) is 5.36. The van der Waals surface area contributed by atoms with Gasteiger partial charge in [-0.15, -0.1) is 0 Å². The van der Waals surface area contributed by atoms with Gasteiger partial charge in [-0.1, -0.05) is 0 Å². The minimum Gasteiger partial charge on any atom is -0.298 e. The fourth-order valence-electron chi connectivity index (χ4n) is 1.21. The number of rotatable bonds is 2. The number of carbonyl (C=O) groups excluding carboxylic acids is 1. The molecule has 0 saturated carbocycles. The van der Waals surface area contributed by atoms with Gasteiger partial charge in [0.1, 0.15) is 6.29 Å². The number of aldehydes is 1. The molecule has 0 fully saturated rings. The average molecular weight is 330 g/mol. The van der Waals surface area contributed by atoms with Crippen LogP contribution in [-0.2, 0) is 0 Å². The second-order valence-corrected chi connectivity index (χ2v) is 4.70. The molecule has 0 spiro atoms. The largest absolute Gasteiger partial charge is 0.298 e. The van der Waals surface area contributed by atoms with Crippen molar-refractivity contribution in [3.63, 3.8) is 0 Å². The maximum absolute atomic E-state index is 10.6. The van der Waals surface area contributed by atoms with E-state index in [1.807, 2.05) is 12.3 Å². The molecular formula is C10H6Br2N2O. The molecule has 1 aromatic heterocycles. The fourth-order valence-corrected chi connectivity index (χ4v) is 2.08. The molecule has 3 nitrogen and oxygen atoms in total. The summed E-state index contributed by atoms with van der Waals surface area (Å²) in [5.74, 6) is 0. The molecule has 2 aromatic rings. The Kier molecular flexibility index (Phi) is 3.02. The lowest BCUT2D eigenvalue weighted by atomic mass is 10.2. The Hall–Kier alpha value is -0.940. The van der Waals surface area contributed by atoms with Crippen molar-refractivity contribution in [2.45, 2.75) is 0 Å². The first-order chi connectivity index (χ1) is 7.20. The van der Waals surface area contributed by atoms with Gasteiger partial charge in [-0.2, -0.15) is 5.10 Å². The summed E-state index contributed by atoms with van der Waals surface area (Å²) < 4.78 is 3.47. The minimum absolute atomic E-state index is 0.636. The molecule has 2 rings (SSSR count). The number of hydrogen-bond acceptors (Lipinski definition) is 2. The number of benzene rings is 1. The fraction of sp³-hybridized carbons (Fsp3) is 0. The van der Waals surface area contributed by atoms with Gasteiger partial charge in [0.05, 0.1) is 16.4 Å². The van der Waals surface area contributed by atoms with E-state index in [-0.39, 0.29) is 0 Å². The van der Waals surface area contributed by atoms with E-state index >= 15 is 0 Å². The van der Waals surface area contributed by atoms with Crippen LogP contribution < -0.4 is 0 Å². The second-order valence-electron chi connectivity index (χ2n) is 2.93. The first-order valence-corrected chi connectivity index (χ1v) is 5.74. The zero-order chi connectivity index (χ0) is 10.8. The zero-order valence-corrected chi connectivity index (χ0v) is 10.7. The van der Waals surface area contributed by atoms with E-state index in [9.17, 15) is 4.79 Å². The first kappa shape index (κ1) is 10.6. The Morgan fingerprint density at radius 3 is 2.67 bits per heavy atom. The van der Waals surface area contributed by atoms with E-state index in [1.165, 1.54) is 0 Å². The molecule has 0 radical (unpaired) electrons. The normalized spacial score (nSPS) is 10.3. The molecule has 0 aliphatic carbocycles. The number of aromatic nitrogens is 2. The third-order valence-electron chi connectivity index (χ3n) is 1.91. The van der Waals surface area contributed by atoms with E-state index in [2.05, 4.69) is 37.0 Å². The minimum atomic E-state index is 0.636. The van der Waals surface area contributed by atoms with E-state index in [0.717, 1.165) is 20.9 Å². The Labute approximate surface area is 103 Å². The predicted molar refractivity (Wildman–Crippen MR) is 64.4 cm³/mol. The van der Waals surface area contributed by atoms with Crippen molar-refractivity contribution >= 4 is 38.1 Å². The Bertz CT molecular complexity index is 508. The van der Waals surface area contributed by atoms with Crippen molar-refractivity contribution in [3.05, 3.63) is 45.1 Å². The topological polar surface area (TPSA) is 34.9 Å². The summed E-state index contributed by atoms with van der Waals surface area (Å²) in [5, 5.41) is 4.15. The molecule has 15 heavy (non-hydrogen) atoms. The highest BCUT2D eigenvalue weighted by molar-refractivity contribution is 9.10. The average Bonchev–Trinajstić information content (AvgIpc) is 2.64. The van der Waals surface area contributed by atoms with Gasteiger partial charge in [-0.25, -0.2) is 4.68 Å². The quantitative estimate of drug-likeness (QED) is 0.793. The highest BCUT2D eigenvalue weighted by atomic mass is 79.9. The maximum Gasteiger partial charge on any atom is 0.150 e. The third kappa shape index (κ3) is 2.18. The van der Waals surface area contributed by atoms with Gasteiger partial charge in [-0.3, -0.25) is 4.79 Å². The number of nitrogens with zero attached hydrogens (tertiary/aromatic N) is 2. The highest BCUT2D eigenvalue weighted by Crippen LogP contribution is 2.22. The summed E-state index contributed by atoms with van der Waals surface area (Å²) >= 11 is 6.73. The van der Waals surface area contributed by atoms with Gasteiger partial charge >= 0.3 is 0 Å². The summed E-state index contributed by atoms with van der Waals surface area (Å²) in [6.07, 6.45) is 4.37. The molecule has 5 heteroatoms. The summed E-state index contributed by atoms with van der Waals surface area (Å²) in [5.41, 5.74) is 1.53. The van der Waals surface area contributed by atoms with Gasteiger partial charge < -0.3 is 0 Å². The van der Waals surface area contributed by atoms with Gasteiger partial charge in [0.25, 0.3) is 0 Å². The van der Waals surface area contributed by atoms with E-state index < -0.39 is 0 Å². The summed E-state index contributed by atoms with van der Waals surface area (Å²) in [7, 11) is 0. The summed E-state index contributed by atoms with van der Waals surface area (Å²) in [6.45, 7) is 0. The lowest BCUT2D eigenvalue weighted by molar-refractivity contribution is 0.112. The Morgan fingerprint density at radius 2 is 2.13 bits per heavy atom. The van der Waals surface area contributed by atoms with Crippen molar-refractivity contribution in [1.29, 1.82) is 0 Å². The number of hydrogen-bond donors (Lipinski definition) is 0. The van der Waals surface area contributed by atoms with Crippen molar-refractivity contribution in [2.75, 3.05) is 0 Å². The van der Waals surface area contributed by atoms with Gasteiger partial charge in [0, 0.05) is 16.2 Å². The molecule has 76 valence electrons. The van der Waals surface area contributed by atoms with Crippen LogP contribution in [0.5, 0.6) is 0 Å². The van der Waals surface area contributed by atoms with Crippen LogP contribution in [0.25, 0.3) is 5.69 Å². The SMILES string of the molecule is O=Cc1ccc(-n2cc(Br)cn2)c(Br)c1. The molecule has 0 aliphatic heterocycles. The van der Waals surface area contributed by atoms with Crippen molar-refractivity contribution in [1.82, 2.24) is 9.78 Å². The van der Waals surface area contributed by atoms with Crippen LogP contribution in [-0.4, -0.2) is 16.1 Å². The van der Waals surface area contributed by atoms with Gasteiger partial charge in [-0.05, 0) is 50.1 Å². The van der Waals surface area contributed by atoms with E-state index in [1.54, 1.807) is 23.0 Å². The molecule has 0 bridgehead atoms. The van der Waals surface area contributed by atoms with Crippen LogP contribution in [0.15, 0.2) is 39.5 Å². The smallest absolute Gasteiger partial charge is 0.150 e. The number of carbonyl (C=O) groups is 1. The molecule has 0 atom stereocenters. The Balaban J connectivity index is 2.49. The van der Waals surface area contributed by atoms with Crippen molar-refractivity contribution in [2.24, 2.45) is 0 Å². The van der Waals surface area contributed by atoms with Crippen LogP contribution in [0, 0.1) is 0 Å². The van der Waals surface area contributed by atoms with E-state index in [0.29, 0.717) is 5.56 Å². The highest BCUT2D eigenvalue weighted by Gasteiger charge is 2.04.